The Balaban J connectivity index is 2.15. The third kappa shape index (κ3) is 4.23. The summed E-state index contributed by atoms with van der Waals surface area (Å²) in [5.41, 5.74) is 1.10. The number of aromatic nitrogens is 2. The molecule has 0 aromatic carbocycles. The quantitative estimate of drug-likeness (QED) is 0.653. The molecule has 0 aliphatic heterocycles. The molecule has 0 aliphatic rings. The van der Waals surface area contributed by atoms with E-state index in [1.54, 1.807) is 6.20 Å². The molecule has 78 valence electrons. The minimum absolute atomic E-state index is 0.601. The highest BCUT2D eigenvalue weighted by molar-refractivity contribution is 7.80. The van der Waals surface area contributed by atoms with Crippen molar-refractivity contribution >= 4 is 17.3 Å². The van der Waals surface area contributed by atoms with Gasteiger partial charge in [-0.2, -0.15) is 5.10 Å². The standard InChI is InChI=1S/C9H16N4S/c1-7(2)3-10-9(14)11-4-8-5-12-13-6-8/h5-7H,3-4H2,1-2H3,(H,12,13)(H2,10,11,14). The zero-order valence-corrected chi connectivity index (χ0v) is 9.32. The predicted octanol–water partition coefficient (Wildman–Crippen LogP) is 1.03. The summed E-state index contributed by atoms with van der Waals surface area (Å²) in [4.78, 5) is 0. The summed E-state index contributed by atoms with van der Waals surface area (Å²) in [7, 11) is 0. The lowest BCUT2D eigenvalue weighted by atomic mass is 10.2. The molecule has 4 nitrogen and oxygen atoms in total. The number of nitrogens with zero attached hydrogens (tertiary/aromatic N) is 1. The van der Waals surface area contributed by atoms with Crippen LogP contribution in [0.25, 0.3) is 0 Å². The zero-order valence-electron chi connectivity index (χ0n) is 8.50. The van der Waals surface area contributed by atoms with Crippen LogP contribution >= 0.6 is 12.2 Å². The number of hydrogen-bond donors (Lipinski definition) is 3. The molecular weight excluding hydrogens is 196 g/mol. The Morgan fingerprint density at radius 3 is 2.93 bits per heavy atom. The lowest BCUT2D eigenvalue weighted by Gasteiger charge is -2.11. The topological polar surface area (TPSA) is 52.7 Å². The third-order valence-corrected chi connectivity index (χ3v) is 1.97. The average Bonchev–Trinajstić information content (AvgIpc) is 2.63. The lowest BCUT2D eigenvalue weighted by molar-refractivity contribution is 0.619. The van der Waals surface area contributed by atoms with Crippen LogP contribution in [0.1, 0.15) is 19.4 Å². The summed E-state index contributed by atoms with van der Waals surface area (Å²) < 4.78 is 0. The molecular formula is C9H16N4S. The maximum atomic E-state index is 5.09. The number of H-pyrrole nitrogens is 1. The summed E-state index contributed by atoms with van der Waals surface area (Å²) in [6.45, 7) is 5.90. The van der Waals surface area contributed by atoms with E-state index in [2.05, 4.69) is 34.7 Å². The number of aromatic amines is 1. The van der Waals surface area contributed by atoms with Crippen LogP contribution in [-0.4, -0.2) is 21.9 Å². The van der Waals surface area contributed by atoms with Crippen LogP contribution in [-0.2, 0) is 6.54 Å². The van der Waals surface area contributed by atoms with E-state index in [0.29, 0.717) is 17.6 Å². The first-order valence-corrected chi connectivity index (χ1v) is 5.08. The summed E-state index contributed by atoms with van der Waals surface area (Å²) in [5.74, 6) is 0.601. The molecule has 0 aliphatic carbocycles. The van der Waals surface area contributed by atoms with Gasteiger partial charge >= 0.3 is 0 Å². The van der Waals surface area contributed by atoms with Crippen LogP contribution in [0.5, 0.6) is 0 Å². The Kier molecular flexibility index (Phi) is 4.39. The fourth-order valence-electron chi connectivity index (χ4n) is 0.916. The van der Waals surface area contributed by atoms with Crippen molar-refractivity contribution in [1.29, 1.82) is 0 Å². The molecule has 0 saturated carbocycles. The summed E-state index contributed by atoms with van der Waals surface area (Å²) in [6, 6.07) is 0. The maximum Gasteiger partial charge on any atom is 0.166 e. The fraction of sp³-hybridized carbons (Fsp3) is 0.556. The van der Waals surface area contributed by atoms with Crippen molar-refractivity contribution in [3.63, 3.8) is 0 Å². The average molecular weight is 212 g/mol. The highest BCUT2D eigenvalue weighted by atomic mass is 32.1. The van der Waals surface area contributed by atoms with Gasteiger partial charge < -0.3 is 10.6 Å². The normalized spacial score (nSPS) is 10.2. The number of thiocarbonyl (C=S) groups is 1. The Hall–Kier alpha value is -1.10. The zero-order chi connectivity index (χ0) is 10.4. The van der Waals surface area contributed by atoms with Crippen LogP contribution < -0.4 is 10.6 Å². The molecule has 3 N–H and O–H groups in total. The van der Waals surface area contributed by atoms with Crippen molar-refractivity contribution in [3.8, 4) is 0 Å². The molecule has 0 radical (unpaired) electrons. The van der Waals surface area contributed by atoms with Crippen LogP contribution in [0.15, 0.2) is 12.4 Å². The van der Waals surface area contributed by atoms with Gasteiger partial charge in [-0.3, -0.25) is 5.10 Å². The number of hydrogen-bond acceptors (Lipinski definition) is 2. The van der Waals surface area contributed by atoms with E-state index in [-0.39, 0.29) is 0 Å². The fourth-order valence-corrected chi connectivity index (χ4v) is 1.07. The summed E-state index contributed by atoms with van der Waals surface area (Å²) in [6.07, 6.45) is 3.62. The van der Waals surface area contributed by atoms with Gasteiger partial charge in [0.1, 0.15) is 0 Å². The van der Waals surface area contributed by atoms with Gasteiger partial charge in [-0.1, -0.05) is 13.8 Å². The molecule has 0 atom stereocenters. The third-order valence-electron chi connectivity index (χ3n) is 1.68. The van der Waals surface area contributed by atoms with E-state index in [9.17, 15) is 0 Å². The molecule has 1 heterocycles. The first-order valence-electron chi connectivity index (χ1n) is 4.68. The van der Waals surface area contributed by atoms with E-state index >= 15 is 0 Å². The monoisotopic (exact) mass is 212 g/mol. The molecule has 1 rings (SSSR count). The van der Waals surface area contributed by atoms with Gasteiger partial charge in [-0.25, -0.2) is 0 Å². The minimum atomic E-state index is 0.601. The Morgan fingerprint density at radius 1 is 1.57 bits per heavy atom. The van der Waals surface area contributed by atoms with Crippen LogP contribution in [0.3, 0.4) is 0 Å². The van der Waals surface area contributed by atoms with Gasteiger partial charge in [0.05, 0.1) is 6.20 Å². The maximum absolute atomic E-state index is 5.09. The second-order valence-corrected chi connectivity index (χ2v) is 3.97. The molecule has 0 spiro atoms. The summed E-state index contributed by atoms with van der Waals surface area (Å²) in [5, 5.41) is 13.5. The highest BCUT2D eigenvalue weighted by Crippen LogP contribution is 1.92. The van der Waals surface area contributed by atoms with Crippen molar-refractivity contribution in [2.24, 2.45) is 5.92 Å². The Labute approximate surface area is 89.5 Å². The molecule has 5 heteroatoms. The van der Waals surface area contributed by atoms with E-state index in [0.717, 1.165) is 12.1 Å². The molecule has 0 fully saturated rings. The van der Waals surface area contributed by atoms with Gasteiger partial charge in [-0.05, 0) is 18.1 Å². The van der Waals surface area contributed by atoms with Gasteiger partial charge in [-0.15, -0.1) is 0 Å². The minimum Gasteiger partial charge on any atom is -0.362 e. The first-order chi connectivity index (χ1) is 6.68. The smallest absolute Gasteiger partial charge is 0.166 e. The van der Waals surface area contributed by atoms with E-state index in [1.165, 1.54) is 0 Å². The molecule has 1 aromatic heterocycles. The molecule has 1 aromatic rings. The van der Waals surface area contributed by atoms with Crippen molar-refractivity contribution in [2.45, 2.75) is 20.4 Å². The number of nitrogens with one attached hydrogen (secondary N) is 3. The van der Waals surface area contributed by atoms with Crippen LogP contribution in [0.2, 0.25) is 0 Å². The van der Waals surface area contributed by atoms with Gasteiger partial charge in [0.25, 0.3) is 0 Å². The van der Waals surface area contributed by atoms with Crippen molar-refractivity contribution in [2.75, 3.05) is 6.54 Å². The first kappa shape index (κ1) is 11.0. The van der Waals surface area contributed by atoms with Crippen molar-refractivity contribution in [3.05, 3.63) is 18.0 Å². The van der Waals surface area contributed by atoms with Crippen LogP contribution in [0, 0.1) is 5.92 Å². The van der Waals surface area contributed by atoms with Crippen molar-refractivity contribution < 1.29 is 0 Å². The van der Waals surface area contributed by atoms with E-state index in [4.69, 9.17) is 12.2 Å². The second kappa shape index (κ2) is 5.59. The molecule has 0 amide bonds. The lowest BCUT2D eigenvalue weighted by Crippen LogP contribution is -2.36. The summed E-state index contributed by atoms with van der Waals surface area (Å²) >= 11 is 5.09. The molecule has 0 unspecified atom stereocenters. The SMILES string of the molecule is CC(C)CNC(=S)NCc1cn[nH]c1. The van der Waals surface area contributed by atoms with Gasteiger partial charge in [0.2, 0.25) is 0 Å². The Bertz CT molecular complexity index is 268. The molecule has 0 bridgehead atoms. The number of rotatable bonds is 4. The Morgan fingerprint density at radius 2 is 2.36 bits per heavy atom. The van der Waals surface area contributed by atoms with Gasteiger partial charge in [0, 0.05) is 24.8 Å². The van der Waals surface area contributed by atoms with E-state index in [1.807, 2.05) is 6.20 Å². The van der Waals surface area contributed by atoms with Crippen LogP contribution in [0.4, 0.5) is 0 Å². The van der Waals surface area contributed by atoms with Crippen molar-refractivity contribution in [1.82, 2.24) is 20.8 Å². The van der Waals surface area contributed by atoms with E-state index < -0.39 is 0 Å². The highest BCUT2D eigenvalue weighted by Gasteiger charge is 1.98. The predicted molar refractivity (Wildman–Crippen MR) is 60.9 cm³/mol. The molecule has 0 saturated heterocycles. The van der Waals surface area contributed by atoms with Gasteiger partial charge in [0.15, 0.2) is 5.11 Å². The second-order valence-electron chi connectivity index (χ2n) is 3.56. The molecule has 14 heavy (non-hydrogen) atoms. The largest absolute Gasteiger partial charge is 0.362 e.